The number of aromatic carboxylic acids is 1. The van der Waals surface area contributed by atoms with E-state index in [4.69, 9.17) is 0 Å². The topological polar surface area (TPSA) is 77.5 Å². The van der Waals surface area contributed by atoms with Gasteiger partial charge in [-0.15, -0.1) is 0 Å². The van der Waals surface area contributed by atoms with Gasteiger partial charge in [-0.2, -0.15) is 0 Å². The number of hydrogen-bond donors (Lipinski definition) is 3. The first-order valence-corrected chi connectivity index (χ1v) is 8.46. The van der Waals surface area contributed by atoms with Gasteiger partial charge in [0.25, 0.3) is 0 Å². The van der Waals surface area contributed by atoms with E-state index >= 15 is 0 Å². The highest BCUT2D eigenvalue weighted by atomic mass is 16.4. The lowest BCUT2D eigenvalue weighted by molar-refractivity contribution is 0.0688. The number of pyridine rings is 1. The van der Waals surface area contributed by atoms with Crippen molar-refractivity contribution in [2.75, 3.05) is 26.2 Å². The molecular formula is C17H26N4O2. The molecule has 126 valence electrons. The van der Waals surface area contributed by atoms with Crippen molar-refractivity contribution in [3.8, 4) is 0 Å². The van der Waals surface area contributed by atoms with Crippen molar-refractivity contribution in [2.45, 2.75) is 38.9 Å². The fourth-order valence-electron chi connectivity index (χ4n) is 3.66. The van der Waals surface area contributed by atoms with Crippen LogP contribution >= 0.6 is 0 Å². The molecule has 1 aromatic heterocycles. The summed E-state index contributed by atoms with van der Waals surface area (Å²) in [6.07, 6.45) is 1.16. The van der Waals surface area contributed by atoms with E-state index in [0.29, 0.717) is 12.0 Å². The molecule has 6 nitrogen and oxygen atoms in total. The average Bonchev–Trinajstić information content (AvgIpc) is 2.53. The van der Waals surface area contributed by atoms with Crippen LogP contribution in [-0.2, 0) is 6.54 Å². The molecule has 1 saturated heterocycles. The normalized spacial score (nSPS) is 25.3. The molecule has 3 rings (SSSR count). The number of aromatic nitrogens is 1. The first-order chi connectivity index (χ1) is 11.0. The van der Waals surface area contributed by atoms with Gasteiger partial charge in [-0.3, -0.25) is 4.90 Å². The van der Waals surface area contributed by atoms with Gasteiger partial charge in [0.15, 0.2) is 0 Å². The monoisotopic (exact) mass is 318 g/mol. The minimum atomic E-state index is -0.955. The lowest BCUT2D eigenvalue weighted by Gasteiger charge is -2.41. The number of hydrogen-bond acceptors (Lipinski definition) is 5. The third kappa shape index (κ3) is 3.71. The van der Waals surface area contributed by atoms with E-state index in [1.165, 1.54) is 0 Å². The van der Waals surface area contributed by atoms with Crippen molar-refractivity contribution in [3.05, 3.63) is 29.1 Å². The van der Waals surface area contributed by atoms with Crippen LogP contribution in [0.25, 0.3) is 0 Å². The van der Waals surface area contributed by atoms with Crippen LogP contribution in [0.15, 0.2) is 12.1 Å². The van der Waals surface area contributed by atoms with Gasteiger partial charge in [-0.1, -0.05) is 19.9 Å². The Bertz CT molecular complexity index is 576. The number of carboxylic acids is 1. The Kier molecular flexibility index (Phi) is 4.94. The quantitative estimate of drug-likeness (QED) is 0.775. The Morgan fingerprint density at radius 3 is 3.04 bits per heavy atom. The molecule has 1 aromatic rings. The third-order valence-corrected chi connectivity index (χ3v) is 4.68. The van der Waals surface area contributed by atoms with Gasteiger partial charge >= 0.3 is 5.97 Å². The number of fused-ring (bicyclic) bond motifs is 1. The second kappa shape index (κ2) is 6.95. The lowest BCUT2D eigenvalue weighted by atomic mass is 9.97. The summed E-state index contributed by atoms with van der Waals surface area (Å²) in [6.45, 7) is 9.03. The van der Waals surface area contributed by atoms with Crippen LogP contribution < -0.4 is 10.6 Å². The molecule has 3 heterocycles. The van der Waals surface area contributed by atoms with Crippen LogP contribution in [0.1, 0.15) is 48.1 Å². The summed E-state index contributed by atoms with van der Waals surface area (Å²) in [5.74, 6) is -0.288. The van der Waals surface area contributed by atoms with E-state index in [-0.39, 0.29) is 11.7 Å². The molecule has 0 saturated carbocycles. The maximum Gasteiger partial charge on any atom is 0.354 e. The maximum atomic E-state index is 11.2. The standard InChI is InChI=1S/C17H26N4O2/c1-11(2)7-13-10-21(6-5-19-13)15-9-18-8-12-3-4-14(17(22)23)20-16(12)15/h3-4,11,13,15,18-19H,5-10H2,1-2H3,(H,22,23). The van der Waals surface area contributed by atoms with Crippen molar-refractivity contribution in [2.24, 2.45) is 5.92 Å². The number of rotatable bonds is 4. The highest BCUT2D eigenvalue weighted by Crippen LogP contribution is 2.27. The van der Waals surface area contributed by atoms with Gasteiger partial charge in [-0.25, -0.2) is 9.78 Å². The molecule has 3 N–H and O–H groups in total. The Morgan fingerprint density at radius 1 is 1.48 bits per heavy atom. The molecule has 0 amide bonds. The van der Waals surface area contributed by atoms with Crippen LogP contribution in [0.3, 0.4) is 0 Å². The fraction of sp³-hybridized carbons (Fsp3) is 0.647. The summed E-state index contributed by atoms with van der Waals surface area (Å²) in [5, 5.41) is 16.3. The van der Waals surface area contributed by atoms with E-state index in [1.54, 1.807) is 6.07 Å². The largest absolute Gasteiger partial charge is 0.477 e. The van der Waals surface area contributed by atoms with Crippen LogP contribution in [0.4, 0.5) is 0 Å². The van der Waals surface area contributed by atoms with E-state index < -0.39 is 5.97 Å². The van der Waals surface area contributed by atoms with Gasteiger partial charge < -0.3 is 15.7 Å². The SMILES string of the molecule is CC(C)CC1CN(C2CNCc3ccc(C(=O)O)nc32)CCN1. The summed E-state index contributed by atoms with van der Waals surface area (Å²) in [7, 11) is 0. The molecule has 23 heavy (non-hydrogen) atoms. The molecule has 2 aliphatic rings. The van der Waals surface area contributed by atoms with Crippen LogP contribution in [-0.4, -0.2) is 53.2 Å². The molecule has 2 aliphatic heterocycles. The minimum absolute atomic E-state index is 0.143. The van der Waals surface area contributed by atoms with Crippen LogP contribution in [0, 0.1) is 5.92 Å². The fourth-order valence-corrected chi connectivity index (χ4v) is 3.66. The first-order valence-electron chi connectivity index (χ1n) is 8.46. The summed E-state index contributed by atoms with van der Waals surface area (Å²) in [5.41, 5.74) is 2.20. The van der Waals surface area contributed by atoms with E-state index in [0.717, 1.165) is 50.4 Å². The van der Waals surface area contributed by atoms with Gasteiger partial charge in [-0.05, 0) is 24.0 Å². The summed E-state index contributed by atoms with van der Waals surface area (Å²) in [4.78, 5) is 18.1. The number of nitrogens with one attached hydrogen (secondary N) is 2. The number of carbonyl (C=O) groups is 1. The first kappa shape index (κ1) is 16.4. The second-order valence-corrected chi connectivity index (χ2v) is 6.97. The average molecular weight is 318 g/mol. The molecule has 2 atom stereocenters. The van der Waals surface area contributed by atoms with Gasteiger partial charge in [0, 0.05) is 38.8 Å². The Balaban J connectivity index is 1.81. The summed E-state index contributed by atoms with van der Waals surface area (Å²) < 4.78 is 0. The Hall–Kier alpha value is -1.50. The number of nitrogens with zero attached hydrogens (tertiary/aromatic N) is 2. The van der Waals surface area contributed by atoms with Gasteiger partial charge in [0.2, 0.25) is 0 Å². The van der Waals surface area contributed by atoms with E-state index in [1.807, 2.05) is 6.07 Å². The van der Waals surface area contributed by atoms with Gasteiger partial charge in [0.05, 0.1) is 11.7 Å². The van der Waals surface area contributed by atoms with Gasteiger partial charge in [0.1, 0.15) is 5.69 Å². The van der Waals surface area contributed by atoms with Crippen molar-refractivity contribution in [1.29, 1.82) is 0 Å². The van der Waals surface area contributed by atoms with Crippen molar-refractivity contribution < 1.29 is 9.90 Å². The predicted molar refractivity (Wildman–Crippen MR) is 88.5 cm³/mol. The Morgan fingerprint density at radius 2 is 2.30 bits per heavy atom. The zero-order chi connectivity index (χ0) is 16.4. The van der Waals surface area contributed by atoms with Crippen LogP contribution in [0.5, 0.6) is 0 Å². The lowest BCUT2D eigenvalue weighted by Crippen LogP contribution is -2.54. The molecule has 0 bridgehead atoms. The zero-order valence-corrected chi connectivity index (χ0v) is 13.9. The summed E-state index contributed by atoms with van der Waals surface area (Å²) in [6, 6.07) is 4.16. The number of carboxylic acid groups (broad SMARTS) is 1. The minimum Gasteiger partial charge on any atom is -0.477 e. The Labute approximate surface area is 137 Å². The molecule has 1 fully saturated rings. The van der Waals surface area contributed by atoms with E-state index in [2.05, 4.69) is 34.4 Å². The molecular weight excluding hydrogens is 292 g/mol. The van der Waals surface area contributed by atoms with Crippen molar-refractivity contribution in [3.63, 3.8) is 0 Å². The summed E-state index contributed by atoms with van der Waals surface area (Å²) >= 11 is 0. The predicted octanol–water partition coefficient (Wildman–Crippen LogP) is 1.24. The molecule has 0 aliphatic carbocycles. The number of piperazine rings is 1. The highest BCUT2D eigenvalue weighted by Gasteiger charge is 2.31. The maximum absolute atomic E-state index is 11.2. The smallest absolute Gasteiger partial charge is 0.354 e. The zero-order valence-electron chi connectivity index (χ0n) is 13.9. The molecule has 0 radical (unpaired) electrons. The molecule has 2 unspecified atom stereocenters. The molecule has 0 aromatic carbocycles. The van der Waals surface area contributed by atoms with Crippen molar-refractivity contribution in [1.82, 2.24) is 20.5 Å². The van der Waals surface area contributed by atoms with E-state index in [9.17, 15) is 9.90 Å². The second-order valence-electron chi connectivity index (χ2n) is 6.97. The van der Waals surface area contributed by atoms with Crippen LogP contribution in [0.2, 0.25) is 0 Å². The molecule has 0 spiro atoms. The molecule has 6 heteroatoms. The highest BCUT2D eigenvalue weighted by molar-refractivity contribution is 5.85. The third-order valence-electron chi connectivity index (χ3n) is 4.68. The van der Waals surface area contributed by atoms with Crippen molar-refractivity contribution >= 4 is 5.97 Å².